The lowest BCUT2D eigenvalue weighted by Crippen LogP contribution is -2.40. The molecule has 0 atom stereocenters. The number of aryl methyl sites for hydroxylation is 1. The summed E-state index contributed by atoms with van der Waals surface area (Å²) >= 11 is 0. The highest BCUT2D eigenvalue weighted by molar-refractivity contribution is 7.89. The second-order valence-electron chi connectivity index (χ2n) is 7.06. The minimum absolute atomic E-state index is 0.0223. The SMILES string of the molecule is Cc1cc(S(=O)(=O)NC(C)C)ccc1OCC(=O)N1CCC(C)CC1. The summed E-state index contributed by atoms with van der Waals surface area (Å²) in [7, 11) is -3.53. The maximum atomic E-state index is 12.2. The molecule has 25 heavy (non-hydrogen) atoms. The van der Waals surface area contributed by atoms with Gasteiger partial charge in [0.25, 0.3) is 5.91 Å². The molecular weight excluding hydrogens is 340 g/mol. The van der Waals surface area contributed by atoms with E-state index in [9.17, 15) is 13.2 Å². The number of likely N-dealkylation sites (tertiary alicyclic amines) is 1. The third-order valence-electron chi connectivity index (χ3n) is 4.34. The van der Waals surface area contributed by atoms with Gasteiger partial charge in [0, 0.05) is 19.1 Å². The van der Waals surface area contributed by atoms with Crippen molar-refractivity contribution in [2.24, 2.45) is 5.92 Å². The third-order valence-corrected chi connectivity index (χ3v) is 5.99. The monoisotopic (exact) mass is 368 g/mol. The standard InChI is InChI=1S/C18H28N2O4S/c1-13(2)19-25(22,23)16-5-6-17(15(4)11-16)24-12-18(21)20-9-7-14(3)8-10-20/h5-6,11,13-14,19H,7-10,12H2,1-4H3. The Hall–Kier alpha value is -1.60. The molecule has 0 saturated carbocycles. The van der Waals surface area contributed by atoms with E-state index in [1.54, 1.807) is 32.9 Å². The van der Waals surface area contributed by atoms with Gasteiger partial charge in [-0.2, -0.15) is 0 Å². The van der Waals surface area contributed by atoms with Crippen molar-refractivity contribution in [2.45, 2.75) is 51.5 Å². The Kier molecular flexibility index (Phi) is 6.46. The van der Waals surface area contributed by atoms with Gasteiger partial charge in [-0.25, -0.2) is 13.1 Å². The number of carbonyl (C=O) groups is 1. The molecule has 0 aromatic heterocycles. The Bertz CT molecular complexity index is 708. The van der Waals surface area contributed by atoms with Crippen molar-refractivity contribution in [2.75, 3.05) is 19.7 Å². The summed E-state index contributed by atoms with van der Waals surface area (Å²) in [5.74, 6) is 1.17. The fourth-order valence-corrected chi connectivity index (χ4v) is 4.15. The Morgan fingerprint density at radius 2 is 1.96 bits per heavy atom. The average molecular weight is 368 g/mol. The summed E-state index contributed by atoms with van der Waals surface area (Å²) in [5.41, 5.74) is 0.687. The normalized spacial score (nSPS) is 16.3. The van der Waals surface area contributed by atoms with Crippen LogP contribution in [0.5, 0.6) is 5.75 Å². The van der Waals surface area contributed by atoms with E-state index in [1.165, 1.54) is 6.07 Å². The number of hydrogen-bond donors (Lipinski definition) is 1. The average Bonchev–Trinajstić information content (AvgIpc) is 2.52. The summed E-state index contributed by atoms with van der Waals surface area (Å²) in [5, 5.41) is 0. The molecule has 6 nitrogen and oxygen atoms in total. The van der Waals surface area contributed by atoms with Crippen LogP contribution in [0, 0.1) is 12.8 Å². The molecule has 0 radical (unpaired) electrons. The second kappa shape index (κ2) is 8.19. The van der Waals surface area contributed by atoms with Gasteiger partial charge in [-0.1, -0.05) is 6.92 Å². The number of rotatable bonds is 6. The molecule has 1 N–H and O–H groups in total. The summed E-state index contributed by atoms with van der Waals surface area (Å²) in [6.45, 7) is 9.05. The molecule has 140 valence electrons. The lowest BCUT2D eigenvalue weighted by atomic mass is 9.99. The number of piperidine rings is 1. The quantitative estimate of drug-likeness (QED) is 0.836. The van der Waals surface area contributed by atoms with Gasteiger partial charge < -0.3 is 9.64 Å². The van der Waals surface area contributed by atoms with Crippen LogP contribution in [0.2, 0.25) is 0 Å². The number of nitrogens with zero attached hydrogens (tertiary/aromatic N) is 1. The van der Waals surface area contributed by atoms with E-state index in [0.717, 1.165) is 25.9 Å². The fraction of sp³-hybridized carbons (Fsp3) is 0.611. The van der Waals surface area contributed by atoms with Crippen molar-refractivity contribution in [3.63, 3.8) is 0 Å². The number of carbonyl (C=O) groups excluding carboxylic acids is 1. The van der Waals surface area contributed by atoms with Crippen LogP contribution in [0.3, 0.4) is 0 Å². The molecule has 1 aliphatic rings. The second-order valence-corrected chi connectivity index (χ2v) is 8.77. The predicted molar refractivity (Wildman–Crippen MR) is 97.1 cm³/mol. The molecule has 1 amide bonds. The van der Waals surface area contributed by atoms with Gasteiger partial charge >= 0.3 is 0 Å². The van der Waals surface area contributed by atoms with Gasteiger partial charge in [-0.15, -0.1) is 0 Å². The highest BCUT2D eigenvalue weighted by Gasteiger charge is 2.21. The molecule has 1 aliphatic heterocycles. The Morgan fingerprint density at radius 3 is 2.52 bits per heavy atom. The van der Waals surface area contributed by atoms with Gasteiger partial charge in [0.1, 0.15) is 5.75 Å². The minimum Gasteiger partial charge on any atom is -0.483 e. The van der Waals surface area contributed by atoms with E-state index in [0.29, 0.717) is 17.2 Å². The van der Waals surface area contributed by atoms with Gasteiger partial charge in [-0.05, 0) is 63.3 Å². The van der Waals surface area contributed by atoms with Crippen molar-refractivity contribution in [3.05, 3.63) is 23.8 Å². The van der Waals surface area contributed by atoms with Crippen LogP contribution in [0.25, 0.3) is 0 Å². The van der Waals surface area contributed by atoms with Gasteiger partial charge in [0.05, 0.1) is 4.90 Å². The van der Waals surface area contributed by atoms with Crippen LogP contribution in [0.1, 0.15) is 39.2 Å². The van der Waals surface area contributed by atoms with Crippen LogP contribution in [-0.2, 0) is 14.8 Å². The van der Waals surface area contributed by atoms with E-state index in [-0.39, 0.29) is 23.5 Å². The summed E-state index contributed by atoms with van der Waals surface area (Å²) in [6, 6.07) is 4.49. The molecule has 7 heteroatoms. The first-order chi connectivity index (χ1) is 11.7. The van der Waals surface area contributed by atoms with Gasteiger partial charge in [-0.3, -0.25) is 4.79 Å². The van der Waals surface area contributed by atoms with Crippen molar-refractivity contribution in [1.82, 2.24) is 9.62 Å². The summed E-state index contributed by atoms with van der Waals surface area (Å²) in [4.78, 5) is 14.3. The molecule has 0 aliphatic carbocycles. The largest absolute Gasteiger partial charge is 0.483 e. The van der Waals surface area contributed by atoms with Gasteiger partial charge in [0.15, 0.2) is 6.61 Å². The summed E-state index contributed by atoms with van der Waals surface area (Å²) < 4.78 is 32.6. The van der Waals surface area contributed by atoms with Crippen molar-refractivity contribution in [3.8, 4) is 5.75 Å². The molecule has 0 unspecified atom stereocenters. The lowest BCUT2D eigenvalue weighted by Gasteiger charge is -2.30. The summed E-state index contributed by atoms with van der Waals surface area (Å²) in [6.07, 6.45) is 2.06. The number of sulfonamides is 1. The van der Waals surface area contributed by atoms with E-state index < -0.39 is 10.0 Å². The van der Waals surface area contributed by atoms with E-state index >= 15 is 0 Å². The maximum Gasteiger partial charge on any atom is 0.260 e. The third kappa shape index (κ3) is 5.44. The number of ether oxygens (including phenoxy) is 1. The Labute approximate surface area is 150 Å². The molecule has 1 saturated heterocycles. The highest BCUT2D eigenvalue weighted by Crippen LogP contribution is 2.22. The zero-order valence-electron chi connectivity index (χ0n) is 15.4. The predicted octanol–water partition coefficient (Wildman–Crippen LogP) is 2.32. The number of hydrogen-bond acceptors (Lipinski definition) is 4. The van der Waals surface area contributed by atoms with Crippen LogP contribution in [-0.4, -0.2) is 45.0 Å². The van der Waals surface area contributed by atoms with E-state index in [2.05, 4.69) is 11.6 Å². The van der Waals surface area contributed by atoms with Crippen molar-refractivity contribution < 1.29 is 17.9 Å². The maximum absolute atomic E-state index is 12.2. The number of nitrogens with one attached hydrogen (secondary N) is 1. The van der Waals surface area contributed by atoms with Gasteiger partial charge in [0.2, 0.25) is 10.0 Å². The number of benzene rings is 1. The van der Waals surface area contributed by atoms with Crippen LogP contribution in [0.15, 0.2) is 23.1 Å². The molecule has 1 fully saturated rings. The molecular formula is C18H28N2O4S. The van der Waals surface area contributed by atoms with Crippen LogP contribution < -0.4 is 9.46 Å². The Morgan fingerprint density at radius 1 is 1.32 bits per heavy atom. The smallest absolute Gasteiger partial charge is 0.260 e. The number of amides is 1. The molecule has 0 spiro atoms. The molecule has 0 bridgehead atoms. The molecule has 1 aromatic carbocycles. The van der Waals surface area contributed by atoms with Crippen LogP contribution in [0.4, 0.5) is 0 Å². The zero-order valence-corrected chi connectivity index (χ0v) is 16.2. The lowest BCUT2D eigenvalue weighted by molar-refractivity contribution is -0.134. The van der Waals surface area contributed by atoms with Crippen LogP contribution >= 0.6 is 0 Å². The Balaban J connectivity index is 1.98. The first-order valence-corrected chi connectivity index (χ1v) is 10.2. The zero-order chi connectivity index (χ0) is 18.6. The first-order valence-electron chi connectivity index (χ1n) is 8.72. The molecule has 2 rings (SSSR count). The van der Waals surface area contributed by atoms with Crippen molar-refractivity contribution in [1.29, 1.82) is 0 Å². The van der Waals surface area contributed by atoms with E-state index in [4.69, 9.17) is 4.74 Å². The minimum atomic E-state index is -3.53. The molecule has 1 aromatic rings. The fourth-order valence-electron chi connectivity index (χ4n) is 2.82. The van der Waals surface area contributed by atoms with Crippen molar-refractivity contribution >= 4 is 15.9 Å². The highest BCUT2D eigenvalue weighted by atomic mass is 32.2. The van der Waals surface area contributed by atoms with E-state index in [1.807, 2.05) is 4.90 Å². The first kappa shape index (κ1) is 19.7. The molecule has 1 heterocycles. The topological polar surface area (TPSA) is 75.7 Å².